The van der Waals surface area contributed by atoms with Gasteiger partial charge in [-0.25, -0.2) is 4.98 Å². The van der Waals surface area contributed by atoms with Gasteiger partial charge in [0.05, 0.1) is 19.5 Å². The van der Waals surface area contributed by atoms with Crippen LogP contribution < -0.4 is 19.7 Å². The molecule has 0 unspecified atom stereocenters. The van der Waals surface area contributed by atoms with Gasteiger partial charge in [0.25, 0.3) is 0 Å². The van der Waals surface area contributed by atoms with Gasteiger partial charge < -0.3 is 14.4 Å². The van der Waals surface area contributed by atoms with Crippen molar-refractivity contribution in [1.29, 1.82) is 0 Å². The molecule has 1 saturated heterocycles. The number of nitrogens with zero attached hydrogens (tertiary/aromatic N) is 2. The zero-order chi connectivity index (χ0) is 17.9. The number of rotatable bonds is 3. The molecule has 1 aromatic heterocycles. The Morgan fingerprint density at radius 2 is 2.04 bits per heavy atom. The van der Waals surface area contributed by atoms with Crippen molar-refractivity contribution in [2.24, 2.45) is 0 Å². The highest BCUT2D eigenvalue weighted by Crippen LogP contribution is 2.59. The Labute approximate surface area is 154 Å². The van der Waals surface area contributed by atoms with E-state index in [0.29, 0.717) is 0 Å². The lowest BCUT2D eigenvalue weighted by molar-refractivity contribution is 0.322. The van der Waals surface area contributed by atoms with E-state index < -0.39 is 0 Å². The summed E-state index contributed by atoms with van der Waals surface area (Å²) >= 11 is 0. The fourth-order valence-corrected chi connectivity index (χ4v) is 4.08. The van der Waals surface area contributed by atoms with Crippen LogP contribution in [0.1, 0.15) is 37.8 Å². The number of aromatic nitrogens is 1. The third-order valence-corrected chi connectivity index (χ3v) is 5.80. The first kappa shape index (κ1) is 15.9. The standard InChI is InChI=1S/C21H25N3O2/c1-14-4-6-16(18-19(14)25-12-21(18)8-9-21)26-15-5-7-17(22-10-15)24-11-20(2,3)23-13-24/h4-7,10,23H,8-9,11-13H2,1-3H3. The molecule has 5 heteroatoms. The third-order valence-electron chi connectivity index (χ3n) is 5.80. The average molecular weight is 351 g/mol. The Morgan fingerprint density at radius 3 is 2.69 bits per heavy atom. The molecule has 5 rings (SSSR count). The minimum absolute atomic E-state index is 0.123. The van der Waals surface area contributed by atoms with E-state index in [2.05, 4.69) is 48.1 Å². The summed E-state index contributed by atoms with van der Waals surface area (Å²) in [6.45, 7) is 9.08. The Morgan fingerprint density at radius 1 is 1.19 bits per heavy atom. The molecule has 1 aliphatic carbocycles. The number of fused-ring (bicyclic) bond motifs is 2. The number of nitrogens with one attached hydrogen (secondary N) is 1. The molecule has 0 radical (unpaired) electrons. The second-order valence-electron chi connectivity index (χ2n) is 8.52. The second-order valence-corrected chi connectivity index (χ2v) is 8.52. The average Bonchev–Trinajstić information content (AvgIpc) is 3.15. The largest absolute Gasteiger partial charge is 0.492 e. The summed E-state index contributed by atoms with van der Waals surface area (Å²) in [5.41, 5.74) is 2.76. The highest BCUT2D eigenvalue weighted by molar-refractivity contribution is 5.59. The first-order chi connectivity index (χ1) is 12.5. The predicted molar refractivity (Wildman–Crippen MR) is 101 cm³/mol. The lowest BCUT2D eigenvalue weighted by atomic mass is 9.95. The smallest absolute Gasteiger partial charge is 0.145 e. The van der Waals surface area contributed by atoms with Crippen LogP contribution in [0, 0.1) is 6.92 Å². The van der Waals surface area contributed by atoms with Crippen LogP contribution in [-0.4, -0.2) is 30.3 Å². The minimum atomic E-state index is 0.123. The summed E-state index contributed by atoms with van der Waals surface area (Å²) in [5, 5.41) is 3.49. The number of ether oxygens (including phenoxy) is 2. The molecule has 2 aliphatic heterocycles. The Hall–Kier alpha value is -2.27. The molecule has 3 aliphatic rings. The van der Waals surface area contributed by atoms with Gasteiger partial charge in [-0.2, -0.15) is 0 Å². The van der Waals surface area contributed by atoms with Gasteiger partial charge in [-0.05, 0) is 57.4 Å². The molecule has 3 heterocycles. The maximum Gasteiger partial charge on any atom is 0.145 e. The molecule has 5 nitrogen and oxygen atoms in total. The molecule has 1 N–H and O–H groups in total. The summed E-state index contributed by atoms with van der Waals surface area (Å²) in [5.74, 6) is 3.69. The van der Waals surface area contributed by atoms with E-state index in [1.807, 2.05) is 18.3 Å². The molecule has 0 bridgehead atoms. The van der Waals surface area contributed by atoms with Gasteiger partial charge in [0.2, 0.25) is 0 Å². The molecule has 0 amide bonds. The predicted octanol–water partition coefficient (Wildman–Crippen LogP) is 3.75. The number of aryl methyl sites for hydroxylation is 1. The minimum Gasteiger partial charge on any atom is -0.492 e. The van der Waals surface area contributed by atoms with Gasteiger partial charge in [-0.3, -0.25) is 5.32 Å². The van der Waals surface area contributed by atoms with Gasteiger partial charge >= 0.3 is 0 Å². The van der Waals surface area contributed by atoms with E-state index in [0.717, 1.165) is 42.9 Å². The molecule has 2 aromatic rings. The van der Waals surface area contributed by atoms with E-state index in [1.165, 1.54) is 24.0 Å². The maximum absolute atomic E-state index is 6.23. The Bertz CT molecular complexity index is 856. The molecule has 136 valence electrons. The molecular formula is C21H25N3O2. The zero-order valence-electron chi connectivity index (χ0n) is 15.6. The normalized spacial score (nSPS) is 21.6. The van der Waals surface area contributed by atoms with Crippen LogP contribution in [0.25, 0.3) is 0 Å². The van der Waals surface area contributed by atoms with Crippen LogP contribution >= 0.6 is 0 Å². The third kappa shape index (κ3) is 2.53. The summed E-state index contributed by atoms with van der Waals surface area (Å²) in [4.78, 5) is 6.87. The Balaban J connectivity index is 1.39. The van der Waals surface area contributed by atoms with Crippen molar-refractivity contribution in [3.63, 3.8) is 0 Å². The second kappa shape index (κ2) is 5.36. The fraction of sp³-hybridized carbons (Fsp3) is 0.476. The van der Waals surface area contributed by atoms with Crippen molar-refractivity contribution in [2.45, 2.75) is 44.6 Å². The van der Waals surface area contributed by atoms with E-state index in [4.69, 9.17) is 9.47 Å². The molecule has 1 aromatic carbocycles. The van der Waals surface area contributed by atoms with E-state index in [1.54, 1.807) is 0 Å². The lowest BCUT2D eigenvalue weighted by Crippen LogP contribution is -2.34. The first-order valence-corrected chi connectivity index (χ1v) is 9.37. The summed E-state index contributed by atoms with van der Waals surface area (Å²) in [7, 11) is 0. The van der Waals surface area contributed by atoms with E-state index >= 15 is 0 Å². The van der Waals surface area contributed by atoms with Crippen molar-refractivity contribution in [3.05, 3.63) is 41.6 Å². The number of pyridine rings is 1. The number of benzene rings is 1. The Kier molecular flexibility index (Phi) is 3.29. The first-order valence-electron chi connectivity index (χ1n) is 9.37. The number of hydrogen-bond donors (Lipinski definition) is 1. The summed E-state index contributed by atoms with van der Waals surface area (Å²) in [6.07, 6.45) is 4.20. The van der Waals surface area contributed by atoms with Gasteiger partial charge in [-0.1, -0.05) is 6.07 Å². The zero-order valence-corrected chi connectivity index (χ0v) is 15.6. The SMILES string of the molecule is Cc1ccc(Oc2ccc(N3CNC(C)(C)C3)nc2)c2c1OCC21CC1. The molecule has 26 heavy (non-hydrogen) atoms. The molecular weight excluding hydrogens is 326 g/mol. The van der Waals surface area contributed by atoms with Crippen LogP contribution in [0.4, 0.5) is 5.82 Å². The highest BCUT2D eigenvalue weighted by Gasteiger charge is 2.53. The van der Waals surface area contributed by atoms with Crippen molar-refractivity contribution < 1.29 is 9.47 Å². The monoisotopic (exact) mass is 351 g/mol. The van der Waals surface area contributed by atoms with Crippen LogP contribution in [0.15, 0.2) is 30.5 Å². The van der Waals surface area contributed by atoms with Gasteiger partial charge in [0, 0.05) is 23.1 Å². The lowest BCUT2D eigenvalue weighted by Gasteiger charge is -2.19. The van der Waals surface area contributed by atoms with Crippen LogP contribution in [0.3, 0.4) is 0 Å². The van der Waals surface area contributed by atoms with Gasteiger partial charge in [0.15, 0.2) is 0 Å². The van der Waals surface area contributed by atoms with Crippen molar-refractivity contribution in [1.82, 2.24) is 10.3 Å². The molecule has 0 atom stereocenters. The van der Waals surface area contributed by atoms with Crippen molar-refractivity contribution in [3.8, 4) is 17.2 Å². The summed E-state index contributed by atoms with van der Waals surface area (Å²) < 4.78 is 12.2. The molecule has 1 spiro atoms. The van der Waals surface area contributed by atoms with Crippen LogP contribution in [-0.2, 0) is 5.41 Å². The maximum atomic E-state index is 6.23. The van der Waals surface area contributed by atoms with Crippen molar-refractivity contribution >= 4 is 5.82 Å². The summed E-state index contributed by atoms with van der Waals surface area (Å²) in [6, 6.07) is 8.20. The van der Waals surface area contributed by atoms with E-state index in [-0.39, 0.29) is 11.0 Å². The number of anilines is 1. The molecule has 2 fully saturated rings. The fourth-order valence-electron chi connectivity index (χ4n) is 4.08. The van der Waals surface area contributed by atoms with E-state index in [9.17, 15) is 0 Å². The van der Waals surface area contributed by atoms with Crippen LogP contribution in [0.2, 0.25) is 0 Å². The quantitative estimate of drug-likeness (QED) is 0.912. The van der Waals surface area contributed by atoms with Gasteiger partial charge in [-0.15, -0.1) is 0 Å². The number of hydrogen-bond acceptors (Lipinski definition) is 5. The van der Waals surface area contributed by atoms with Gasteiger partial charge in [0.1, 0.15) is 23.1 Å². The highest BCUT2D eigenvalue weighted by atomic mass is 16.5. The van der Waals surface area contributed by atoms with Crippen molar-refractivity contribution in [2.75, 3.05) is 24.7 Å². The van der Waals surface area contributed by atoms with Crippen LogP contribution in [0.5, 0.6) is 17.2 Å². The topological polar surface area (TPSA) is 46.6 Å². The molecule has 1 saturated carbocycles.